The van der Waals surface area contributed by atoms with Crippen molar-refractivity contribution >= 4 is 29.6 Å². The minimum Gasteiger partial charge on any atom is -0.334 e. The van der Waals surface area contributed by atoms with Crippen LogP contribution in [0.3, 0.4) is 0 Å². The van der Waals surface area contributed by atoms with Crippen LogP contribution in [0.25, 0.3) is 6.08 Å². The van der Waals surface area contributed by atoms with Gasteiger partial charge in [-0.15, -0.1) is 6.58 Å². The molecule has 4 amide bonds. The van der Waals surface area contributed by atoms with Gasteiger partial charge in [0.25, 0.3) is 0 Å². The molecule has 1 aromatic carbocycles. The molecule has 27 heavy (non-hydrogen) atoms. The largest absolute Gasteiger partial charge is 0.468 e. The second-order valence-electron chi connectivity index (χ2n) is 5.68. The fourth-order valence-electron chi connectivity index (χ4n) is 2.69. The summed E-state index contributed by atoms with van der Waals surface area (Å²) in [6, 6.07) is 9.86. The average molecular weight is 366 g/mol. The highest BCUT2D eigenvalue weighted by Gasteiger charge is 2.46. The topological polar surface area (TPSA) is 92.4 Å². The first kappa shape index (κ1) is 18.2. The summed E-state index contributed by atoms with van der Waals surface area (Å²) in [5, 5.41) is 7.83. The summed E-state index contributed by atoms with van der Waals surface area (Å²) in [6.07, 6.45) is 6.55. The SMILES string of the molecule is C=CCNC(=O)Nc1cc(O[N@+]2(C(=O)NC)C=Cc3ccccc32)ccn1. The molecule has 2 aromatic rings. The lowest BCUT2D eigenvalue weighted by atomic mass is 10.2. The summed E-state index contributed by atoms with van der Waals surface area (Å²) in [7, 11) is 1.55. The van der Waals surface area contributed by atoms with Crippen LogP contribution in [0.2, 0.25) is 0 Å². The highest BCUT2D eigenvalue weighted by Crippen LogP contribution is 2.37. The zero-order valence-corrected chi connectivity index (χ0v) is 14.8. The van der Waals surface area contributed by atoms with E-state index in [4.69, 9.17) is 4.84 Å². The van der Waals surface area contributed by atoms with Crippen molar-refractivity contribution in [3.05, 3.63) is 67.0 Å². The number of hydrogen-bond donors (Lipinski definition) is 3. The lowest BCUT2D eigenvalue weighted by Crippen LogP contribution is -2.55. The summed E-state index contributed by atoms with van der Waals surface area (Å²) in [5.74, 6) is 0.662. The quantitative estimate of drug-likeness (QED) is 0.560. The number of hydroxylamine groups is 2. The Balaban J connectivity index is 1.87. The molecule has 3 rings (SSSR count). The Kier molecular flexibility index (Phi) is 5.18. The number of hydrogen-bond acceptors (Lipinski definition) is 4. The average Bonchev–Trinajstić information content (AvgIpc) is 3.06. The van der Waals surface area contributed by atoms with E-state index in [0.29, 0.717) is 23.8 Å². The van der Waals surface area contributed by atoms with Crippen molar-refractivity contribution in [2.45, 2.75) is 0 Å². The van der Waals surface area contributed by atoms with Crippen LogP contribution in [-0.2, 0) is 0 Å². The zero-order chi connectivity index (χ0) is 19.3. The van der Waals surface area contributed by atoms with Crippen molar-refractivity contribution < 1.29 is 14.4 Å². The number of para-hydroxylation sites is 1. The molecule has 8 heteroatoms. The fraction of sp³-hybridized carbons (Fsp3) is 0.105. The van der Waals surface area contributed by atoms with Crippen molar-refractivity contribution in [1.29, 1.82) is 0 Å². The molecule has 1 aliphatic heterocycles. The Bertz CT molecular complexity index is 912. The first-order chi connectivity index (χ1) is 13.1. The highest BCUT2D eigenvalue weighted by atomic mass is 16.7. The summed E-state index contributed by atoms with van der Waals surface area (Å²) in [5.41, 5.74) is 1.57. The predicted octanol–water partition coefficient (Wildman–Crippen LogP) is 3.01. The van der Waals surface area contributed by atoms with Gasteiger partial charge in [-0.3, -0.25) is 10.2 Å². The number of rotatable bonds is 5. The molecule has 0 radical (unpaired) electrons. The first-order valence-corrected chi connectivity index (χ1v) is 8.30. The Morgan fingerprint density at radius 2 is 2.11 bits per heavy atom. The third kappa shape index (κ3) is 3.65. The van der Waals surface area contributed by atoms with Crippen LogP contribution >= 0.6 is 0 Å². The van der Waals surface area contributed by atoms with E-state index in [1.165, 1.54) is 6.20 Å². The van der Waals surface area contributed by atoms with Crippen molar-refractivity contribution in [2.75, 3.05) is 18.9 Å². The van der Waals surface area contributed by atoms with Crippen molar-refractivity contribution in [2.24, 2.45) is 0 Å². The number of fused-ring (bicyclic) bond motifs is 1. The number of anilines is 1. The smallest absolute Gasteiger partial charge is 0.334 e. The number of aromatic nitrogens is 1. The summed E-state index contributed by atoms with van der Waals surface area (Å²) < 4.78 is -0.473. The van der Waals surface area contributed by atoms with Crippen LogP contribution < -0.4 is 25.4 Å². The van der Waals surface area contributed by atoms with Crippen molar-refractivity contribution in [3.8, 4) is 5.75 Å². The van der Waals surface area contributed by atoms with E-state index >= 15 is 0 Å². The fourth-order valence-corrected chi connectivity index (χ4v) is 2.69. The molecule has 2 heterocycles. The zero-order valence-electron chi connectivity index (χ0n) is 14.8. The first-order valence-electron chi connectivity index (χ1n) is 8.30. The number of quaternary nitrogens is 1. The molecule has 3 N–H and O–H groups in total. The van der Waals surface area contributed by atoms with Crippen LogP contribution in [0.5, 0.6) is 5.75 Å². The number of carbonyl (C=O) groups excluding carboxylic acids is 2. The van der Waals surface area contributed by atoms with Gasteiger partial charge < -0.3 is 10.6 Å². The van der Waals surface area contributed by atoms with E-state index in [1.54, 1.807) is 31.5 Å². The monoisotopic (exact) mass is 366 g/mol. The molecule has 0 aliphatic carbocycles. The molecule has 0 bridgehead atoms. The van der Waals surface area contributed by atoms with Crippen LogP contribution in [0.4, 0.5) is 21.1 Å². The summed E-state index contributed by atoms with van der Waals surface area (Å²) >= 11 is 0. The predicted molar refractivity (Wildman–Crippen MR) is 104 cm³/mol. The van der Waals surface area contributed by atoms with E-state index in [-0.39, 0.29) is 6.03 Å². The van der Waals surface area contributed by atoms with Gasteiger partial charge in [-0.2, -0.15) is 0 Å². The van der Waals surface area contributed by atoms with Gasteiger partial charge in [0.15, 0.2) is 17.6 Å². The van der Waals surface area contributed by atoms with Gasteiger partial charge >= 0.3 is 12.1 Å². The maximum Gasteiger partial charge on any atom is 0.468 e. The number of amides is 4. The van der Waals surface area contributed by atoms with Crippen molar-refractivity contribution in [3.63, 3.8) is 0 Å². The van der Waals surface area contributed by atoms with E-state index in [2.05, 4.69) is 27.5 Å². The molecule has 1 aliphatic rings. The number of benzene rings is 1. The molecule has 0 saturated heterocycles. The Morgan fingerprint density at radius 3 is 2.89 bits per heavy atom. The van der Waals surface area contributed by atoms with Gasteiger partial charge in [-0.1, -0.05) is 18.2 Å². The normalized spacial score (nSPS) is 16.9. The van der Waals surface area contributed by atoms with E-state index in [1.807, 2.05) is 30.3 Å². The van der Waals surface area contributed by atoms with Gasteiger partial charge in [-0.25, -0.2) is 14.6 Å². The second-order valence-corrected chi connectivity index (χ2v) is 5.68. The molecular weight excluding hydrogens is 346 g/mol. The molecule has 0 fully saturated rings. The highest BCUT2D eigenvalue weighted by molar-refractivity contribution is 5.93. The molecule has 1 aromatic heterocycles. The van der Waals surface area contributed by atoms with Crippen LogP contribution in [0.1, 0.15) is 5.56 Å². The van der Waals surface area contributed by atoms with Gasteiger partial charge in [0.05, 0.1) is 0 Å². The number of nitrogens with one attached hydrogen (secondary N) is 3. The Morgan fingerprint density at radius 1 is 1.30 bits per heavy atom. The van der Waals surface area contributed by atoms with Gasteiger partial charge in [0.2, 0.25) is 0 Å². The van der Waals surface area contributed by atoms with Gasteiger partial charge in [0.1, 0.15) is 5.82 Å². The number of urea groups is 2. The number of nitrogens with zero attached hydrogens (tertiary/aromatic N) is 2. The molecule has 138 valence electrons. The van der Waals surface area contributed by atoms with Gasteiger partial charge in [0, 0.05) is 54.3 Å². The number of carbonyl (C=O) groups is 2. The molecule has 1 atom stereocenters. The van der Waals surface area contributed by atoms with E-state index < -0.39 is 10.7 Å². The maximum atomic E-state index is 12.7. The summed E-state index contributed by atoms with van der Waals surface area (Å²) in [4.78, 5) is 34.6. The van der Waals surface area contributed by atoms with Crippen molar-refractivity contribution in [1.82, 2.24) is 20.3 Å². The third-order valence-electron chi connectivity index (χ3n) is 3.90. The molecule has 0 spiro atoms. The van der Waals surface area contributed by atoms with Crippen LogP contribution in [-0.4, -0.2) is 30.6 Å². The molecule has 0 unspecified atom stereocenters. The molecule has 8 nitrogen and oxygen atoms in total. The van der Waals surface area contributed by atoms with E-state index in [0.717, 1.165) is 5.56 Å². The van der Waals surface area contributed by atoms with Crippen LogP contribution in [0.15, 0.2) is 61.4 Å². The standard InChI is InChI=1S/C19H19N5O3/c1-3-10-22-18(25)23-17-13-15(8-11-21-17)27-24(19(26)20-2)12-9-14-6-4-5-7-16(14)24/h3-9,11-13H,1,10H2,2H3,(H2-,20,21,22,23,25,26)/p+1/t24-/m1/s1. The minimum atomic E-state index is -0.473. The van der Waals surface area contributed by atoms with Gasteiger partial charge in [-0.05, 0) is 6.07 Å². The lowest BCUT2D eigenvalue weighted by Gasteiger charge is -2.26. The molecular formula is C19H20N5O3+. The summed E-state index contributed by atoms with van der Waals surface area (Å²) in [6.45, 7) is 3.87. The number of pyridine rings is 1. The minimum absolute atomic E-state index is 0.292. The Labute approximate surface area is 156 Å². The lowest BCUT2D eigenvalue weighted by molar-refractivity contribution is 0.0423. The second kappa shape index (κ2) is 7.71. The maximum absolute atomic E-state index is 12.7. The molecule has 0 saturated carbocycles. The van der Waals surface area contributed by atoms with Crippen LogP contribution in [0, 0.1) is 0 Å². The Hall–Kier alpha value is -3.65. The third-order valence-corrected chi connectivity index (χ3v) is 3.90. The van der Waals surface area contributed by atoms with E-state index in [9.17, 15) is 9.59 Å².